The van der Waals surface area contributed by atoms with Crippen LogP contribution >= 0.6 is 0 Å². The van der Waals surface area contributed by atoms with Gasteiger partial charge in [0.25, 0.3) is 5.56 Å². The van der Waals surface area contributed by atoms with Gasteiger partial charge in [-0.15, -0.1) is 0 Å². The molecule has 27 heavy (non-hydrogen) atoms. The van der Waals surface area contributed by atoms with E-state index in [1.165, 1.54) is 0 Å². The maximum Gasteiger partial charge on any atom is 0.275 e. The van der Waals surface area contributed by atoms with Crippen LogP contribution in [0.1, 0.15) is 36.6 Å². The Hall–Kier alpha value is -3.16. The number of fused-ring (bicyclic) bond motifs is 1. The minimum atomic E-state index is -0.751. The smallest absolute Gasteiger partial charge is 0.275 e. The number of aryl methyl sites for hydroxylation is 2. The highest BCUT2D eigenvalue weighted by molar-refractivity contribution is 5.91. The normalized spacial score (nSPS) is 11.2. The summed E-state index contributed by atoms with van der Waals surface area (Å²) in [5.74, 6) is -1.53. The lowest BCUT2D eigenvalue weighted by Crippen LogP contribution is -2.31. The summed E-state index contributed by atoms with van der Waals surface area (Å²) in [6.07, 6.45) is 2.08. The predicted octanol–water partition coefficient (Wildman–Crippen LogP) is 2.70. The van der Waals surface area contributed by atoms with Gasteiger partial charge in [-0.05, 0) is 37.0 Å². The highest BCUT2D eigenvalue weighted by atomic mass is 19.1. The summed E-state index contributed by atoms with van der Waals surface area (Å²) in [7, 11) is 0. The second-order valence-corrected chi connectivity index (χ2v) is 6.70. The number of benzene rings is 1. The Kier molecular flexibility index (Phi) is 4.98. The molecule has 0 unspecified atom stereocenters. The number of halogens is 1. The summed E-state index contributed by atoms with van der Waals surface area (Å²) in [5, 5.41) is 8.10. The number of amides is 1. The van der Waals surface area contributed by atoms with Gasteiger partial charge in [0.15, 0.2) is 11.6 Å². The third-order valence-electron chi connectivity index (χ3n) is 4.45. The van der Waals surface area contributed by atoms with Gasteiger partial charge in [0.05, 0.1) is 17.3 Å². The molecule has 0 saturated heterocycles. The molecule has 140 valence electrons. The quantitative estimate of drug-likeness (QED) is 0.764. The minimum absolute atomic E-state index is 0.0576. The zero-order chi connectivity index (χ0) is 19.7. The van der Waals surface area contributed by atoms with Gasteiger partial charge in [0, 0.05) is 5.39 Å². The predicted molar refractivity (Wildman–Crippen MR) is 100 cm³/mol. The lowest BCUT2D eigenvalue weighted by molar-refractivity contribution is -0.117. The van der Waals surface area contributed by atoms with E-state index < -0.39 is 11.7 Å². The van der Waals surface area contributed by atoms with Gasteiger partial charge in [-0.2, -0.15) is 5.10 Å². The second-order valence-electron chi connectivity index (χ2n) is 6.70. The number of nitrogens with zero attached hydrogens (tertiary/aromatic N) is 4. The zero-order valence-corrected chi connectivity index (χ0v) is 15.6. The molecule has 1 amide bonds. The van der Waals surface area contributed by atoms with Crippen molar-refractivity contribution in [2.24, 2.45) is 0 Å². The summed E-state index contributed by atoms with van der Waals surface area (Å²) >= 11 is 0. The average Bonchev–Trinajstić information content (AvgIpc) is 2.62. The Bertz CT molecular complexity index is 1090. The van der Waals surface area contributed by atoms with E-state index in [1.807, 2.05) is 33.8 Å². The van der Waals surface area contributed by atoms with Gasteiger partial charge in [-0.25, -0.2) is 19.0 Å². The van der Waals surface area contributed by atoms with Crippen LogP contribution in [0.5, 0.6) is 0 Å². The molecule has 0 aliphatic rings. The van der Waals surface area contributed by atoms with Crippen molar-refractivity contribution < 1.29 is 9.18 Å². The van der Waals surface area contributed by atoms with Crippen LogP contribution < -0.4 is 10.9 Å². The molecule has 3 rings (SSSR count). The van der Waals surface area contributed by atoms with Crippen LogP contribution in [0.3, 0.4) is 0 Å². The van der Waals surface area contributed by atoms with Crippen molar-refractivity contribution in [3.63, 3.8) is 0 Å². The van der Waals surface area contributed by atoms with E-state index in [0.29, 0.717) is 5.39 Å². The molecule has 0 aliphatic heterocycles. The molecule has 7 nitrogen and oxygen atoms in total. The zero-order valence-electron chi connectivity index (χ0n) is 15.6. The Morgan fingerprint density at radius 2 is 2.04 bits per heavy atom. The first kappa shape index (κ1) is 18.6. The van der Waals surface area contributed by atoms with E-state index in [9.17, 15) is 14.0 Å². The molecule has 0 spiro atoms. The number of carbonyl (C=O) groups excluding carboxylic acids is 1. The van der Waals surface area contributed by atoms with Crippen LogP contribution in [0.2, 0.25) is 0 Å². The molecule has 0 fully saturated rings. The highest BCUT2D eigenvalue weighted by Crippen LogP contribution is 2.26. The first-order chi connectivity index (χ1) is 12.8. The first-order valence-electron chi connectivity index (χ1n) is 8.56. The van der Waals surface area contributed by atoms with Gasteiger partial charge in [0.1, 0.15) is 12.9 Å². The van der Waals surface area contributed by atoms with Crippen molar-refractivity contribution >= 4 is 22.5 Å². The number of aromatic nitrogens is 4. The first-order valence-corrected chi connectivity index (χ1v) is 8.56. The second kappa shape index (κ2) is 7.22. The van der Waals surface area contributed by atoms with Gasteiger partial charge in [-0.3, -0.25) is 9.59 Å². The Labute approximate surface area is 155 Å². The maximum atomic E-state index is 13.6. The monoisotopic (exact) mass is 369 g/mol. The molecule has 1 N–H and O–H groups in total. The Morgan fingerprint density at radius 1 is 1.30 bits per heavy atom. The van der Waals surface area contributed by atoms with Crippen molar-refractivity contribution in [2.45, 2.75) is 40.2 Å². The number of hydrogen-bond donors (Lipinski definition) is 1. The summed E-state index contributed by atoms with van der Waals surface area (Å²) in [6.45, 7) is 7.56. The lowest BCUT2D eigenvalue weighted by Gasteiger charge is -2.16. The van der Waals surface area contributed by atoms with E-state index >= 15 is 0 Å². The molecule has 2 aromatic heterocycles. The van der Waals surface area contributed by atoms with E-state index in [-0.39, 0.29) is 23.8 Å². The summed E-state index contributed by atoms with van der Waals surface area (Å²) in [5.41, 5.74) is 2.45. The molecule has 0 radical (unpaired) electrons. The molecule has 3 aromatic rings. The Morgan fingerprint density at radius 3 is 2.70 bits per heavy atom. The van der Waals surface area contributed by atoms with Gasteiger partial charge in [-0.1, -0.05) is 19.9 Å². The number of nitrogens with one attached hydrogen (secondary N) is 1. The highest BCUT2D eigenvalue weighted by Gasteiger charge is 2.18. The van der Waals surface area contributed by atoms with E-state index in [0.717, 1.165) is 39.4 Å². The van der Waals surface area contributed by atoms with Gasteiger partial charge >= 0.3 is 0 Å². The standard InChI is InChI=1S/C19H20FN5O2/c1-10(2)17-16-12(4)11(3)5-6-13(16)19(27)25(24-17)8-15(26)23-18-14(20)7-21-9-22-18/h5-7,9-10H,8H2,1-4H3,(H,21,22,23,26). The van der Waals surface area contributed by atoms with Crippen LogP contribution in [-0.4, -0.2) is 25.7 Å². The number of rotatable bonds is 4. The summed E-state index contributed by atoms with van der Waals surface area (Å²) in [4.78, 5) is 32.3. The van der Waals surface area contributed by atoms with Crippen LogP contribution in [0.25, 0.3) is 10.8 Å². The summed E-state index contributed by atoms with van der Waals surface area (Å²) < 4.78 is 14.7. The molecule has 2 heterocycles. The Balaban J connectivity index is 2.04. The van der Waals surface area contributed by atoms with Crippen molar-refractivity contribution in [1.82, 2.24) is 19.7 Å². The average molecular weight is 369 g/mol. The fourth-order valence-electron chi connectivity index (χ4n) is 2.91. The molecule has 0 saturated carbocycles. The van der Waals surface area contributed by atoms with Crippen LogP contribution in [-0.2, 0) is 11.3 Å². The van der Waals surface area contributed by atoms with Crippen molar-refractivity contribution in [3.8, 4) is 0 Å². The van der Waals surface area contributed by atoms with E-state index in [4.69, 9.17) is 0 Å². The molecule has 0 aliphatic carbocycles. The number of carbonyl (C=O) groups is 1. The topological polar surface area (TPSA) is 89.8 Å². The van der Waals surface area contributed by atoms with Crippen molar-refractivity contribution in [2.75, 3.05) is 5.32 Å². The summed E-state index contributed by atoms with van der Waals surface area (Å²) in [6, 6.07) is 3.63. The molecule has 8 heteroatoms. The molecule has 0 bridgehead atoms. The van der Waals surface area contributed by atoms with Gasteiger partial charge < -0.3 is 5.32 Å². The van der Waals surface area contributed by atoms with Crippen molar-refractivity contribution in [1.29, 1.82) is 0 Å². The number of hydrogen-bond acceptors (Lipinski definition) is 5. The largest absolute Gasteiger partial charge is 0.307 e. The fraction of sp³-hybridized carbons (Fsp3) is 0.316. The lowest BCUT2D eigenvalue weighted by atomic mass is 9.96. The minimum Gasteiger partial charge on any atom is -0.307 e. The van der Waals surface area contributed by atoms with Gasteiger partial charge in [0.2, 0.25) is 5.91 Å². The molecular formula is C19H20FN5O2. The third kappa shape index (κ3) is 3.55. The fourth-order valence-corrected chi connectivity index (χ4v) is 2.91. The van der Waals surface area contributed by atoms with Crippen LogP contribution in [0.4, 0.5) is 10.2 Å². The van der Waals surface area contributed by atoms with Crippen LogP contribution in [0.15, 0.2) is 29.5 Å². The molecule has 1 aromatic carbocycles. The molecular weight excluding hydrogens is 349 g/mol. The van der Waals surface area contributed by atoms with E-state index in [1.54, 1.807) is 6.07 Å². The van der Waals surface area contributed by atoms with Crippen LogP contribution in [0, 0.1) is 19.7 Å². The number of anilines is 1. The van der Waals surface area contributed by atoms with E-state index in [2.05, 4.69) is 20.4 Å². The third-order valence-corrected chi connectivity index (χ3v) is 4.45. The van der Waals surface area contributed by atoms with Crippen molar-refractivity contribution in [3.05, 3.63) is 57.6 Å². The molecule has 0 atom stereocenters. The SMILES string of the molecule is Cc1ccc2c(=O)n(CC(=O)Nc3ncncc3F)nc(C(C)C)c2c1C. The maximum absolute atomic E-state index is 13.6.